The molecule has 0 aliphatic carbocycles. The van der Waals surface area contributed by atoms with Gasteiger partial charge in [0.05, 0.1) is 33.0 Å². The van der Waals surface area contributed by atoms with Crippen LogP contribution in [0.1, 0.15) is 34.6 Å². The van der Waals surface area contributed by atoms with Gasteiger partial charge < -0.3 is 49.7 Å². The van der Waals surface area contributed by atoms with Crippen LogP contribution >= 0.6 is 0 Å². The highest BCUT2D eigenvalue weighted by Crippen LogP contribution is 1.94. The minimum atomic E-state index is -0.837. The molecule has 0 saturated heterocycles. The first-order valence-corrected chi connectivity index (χ1v) is 15.4. The third kappa shape index (κ3) is 26.9. The van der Waals surface area contributed by atoms with Gasteiger partial charge in [0, 0.05) is 38.0 Å². The molecule has 0 aromatic rings. The Morgan fingerprint density at radius 3 is 1.30 bits per heavy atom. The summed E-state index contributed by atoms with van der Waals surface area (Å²) in [5.74, 6) is -2.04. The first kappa shape index (κ1) is 43.0. The first-order valence-electron chi connectivity index (χ1n) is 15.4. The van der Waals surface area contributed by atoms with E-state index in [0.29, 0.717) is 13.1 Å². The molecule has 0 spiro atoms. The molecule has 0 aromatic carbocycles. The fraction of sp³-hybridized carbons (Fsp3) is 0.759. The zero-order valence-electron chi connectivity index (χ0n) is 28.0. The Labute approximate surface area is 275 Å². The molecule has 0 bridgehead atoms. The maximum absolute atomic E-state index is 11.9. The lowest BCUT2D eigenvalue weighted by molar-refractivity contribution is -0.143. The van der Waals surface area contributed by atoms with Gasteiger partial charge in [-0.25, -0.2) is 9.59 Å². The van der Waals surface area contributed by atoms with Crippen LogP contribution in [0.4, 0.5) is 9.59 Å². The van der Waals surface area contributed by atoms with Gasteiger partial charge in [-0.05, 0) is 6.92 Å². The summed E-state index contributed by atoms with van der Waals surface area (Å²) in [5, 5.41) is 9.86. The summed E-state index contributed by atoms with van der Waals surface area (Å²) >= 11 is 0. The van der Waals surface area contributed by atoms with E-state index in [1.807, 2.05) is 0 Å². The largest absolute Gasteiger partial charge is 0.463 e. The molecule has 18 nitrogen and oxygen atoms in total. The molecule has 0 rings (SSSR count). The van der Waals surface area contributed by atoms with Crippen LogP contribution in [0.2, 0.25) is 0 Å². The van der Waals surface area contributed by atoms with Crippen LogP contribution in [0.15, 0.2) is 0 Å². The van der Waals surface area contributed by atoms with E-state index in [2.05, 4.69) is 21.3 Å². The number of hydrogen-bond donors (Lipinski definition) is 4. The molecule has 270 valence electrons. The molecule has 47 heavy (non-hydrogen) atoms. The SMILES string of the molecule is CC(=O)CN(CCOC(=O)CNC(=O)OCCOCCNC(=O)C(C)C)CCOC(=O)CNC(=O)OCCOCCNC(=O)C(C)C. The van der Waals surface area contributed by atoms with Crippen molar-refractivity contribution in [2.45, 2.75) is 34.6 Å². The molecule has 0 fully saturated rings. The lowest BCUT2D eigenvalue weighted by atomic mass is 10.2. The van der Waals surface area contributed by atoms with Gasteiger partial charge in [-0.15, -0.1) is 0 Å². The Balaban J connectivity index is 4.00. The van der Waals surface area contributed by atoms with E-state index in [-0.39, 0.29) is 102 Å². The van der Waals surface area contributed by atoms with Gasteiger partial charge in [0.1, 0.15) is 45.3 Å². The summed E-state index contributed by atoms with van der Waals surface area (Å²) in [5.41, 5.74) is 0. The molecule has 0 saturated carbocycles. The average molecular weight is 678 g/mol. The van der Waals surface area contributed by atoms with Gasteiger partial charge in [-0.3, -0.25) is 28.9 Å². The number of Topliss-reactive ketones (excluding diaryl/α,β-unsaturated/α-hetero) is 1. The van der Waals surface area contributed by atoms with Crippen LogP contribution in [0.25, 0.3) is 0 Å². The van der Waals surface area contributed by atoms with Gasteiger partial charge >= 0.3 is 24.1 Å². The van der Waals surface area contributed by atoms with Crippen molar-refractivity contribution in [2.75, 3.05) is 98.7 Å². The van der Waals surface area contributed by atoms with Crippen molar-refractivity contribution >= 4 is 41.7 Å². The Kier molecular flexibility index (Phi) is 24.8. The zero-order chi connectivity index (χ0) is 35.5. The number of nitrogens with one attached hydrogen (secondary N) is 4. The monoisotopic (exact) mass is 677 g/mol. The smallest absolute Gasteiger partial charge is 0.407 e. The van der Waals surface area contributed by atoms with Crippen LogP contribution in [0.5, 0.6) is 0 Å². The van der Waals surface area contributed by atoms with Gasteiger partial charge in [-0.1, -0.05) is 27.7 Å². The number of ether oxygens (including phenoxy) is 6. The van der Waals surface area contributed by atoms with E-state index in [1.165, 1.54) is 6.92 Å². The van der Waals surface area contributed by atoms with Gasteiger partial charge in [-0.2, -0.15) is 0 Å². The summed E-state index contributed by atoms with van der Waals surface area (Å²) in [7, 11) is 0. The number of carbonyl (C=O) groups is 7. The second-order valence-electron chi connectivity index (χ2n) is 10.5. The van der Waals surface area contributed by atoms with Crippen molar-refractivity contribution in [2.24, 2.45) is 11.8 Å². The highest BCUT2D eigenvalue weighted by atomic mass is 16.6. The van der Waals surface area contributed by atoms with E-state index in [1.54, 1.807) is 32.6 Å². The van der Waals surface area contributed by atoms with Crippen molar-refractivity contribution < 1.29 is 62.0 Å². The molecule has 0 unspecified atom stereocenters. The highest BCUT2D eigenvalue weighted by Gasteiger charge is 2.13. The number of alkyl carbamates (subject to hydrolysis) is 2. The van der Waals surface area contributed by atoms with E-state index >= 15 is 0 Å². The number of rotatable bonds is 26. The summed E-state index contributed by atoms with van der Waals surface area (Å²) in [6, 6.07) is 0. The quantitative estimate of drug-likeness (QED) is 0.0489. The van der Waals surface area contributed by atoms with Crippen LogP contribution < -0.4 is 21.3 Å². The Morgan fingerprint density at radius 1 is 0.532 bits per heavy atom. The maximum Gasteiger partial charge on any atom is 0.407 e. The summed E-state index contributed by atoms with van der Waals surface area (Å²) in [6.07, 6.45) is -1.67. The maximum atomic E-state index is 11.9. The third-order valence-electron chi connectivity index (χ3n) is 5.60. The van der Waals surface area contributed by atoms with Crippen LogP contribution in [-0.4, -0.2) is 145 Å². The van der Waals surface area contributed by atoms with E-state index in [0.717, 1.165) is 0 Å². The zero-order valence-corrected chi connectivity index (χ0v) is 28.0. The minimum Gasteiger partial charge on any atom is -0.463 e. The van der Waals surface area contributed by atoms with Crippen LogP contribution in [0, 0.1) is 11.8 Å². The minimum absolute atomic E-state index is 0.0165. The Bertz CT molecular complexity index is 910. The summed E-state index contributed by atoms with van der Waals surface area (Å²) in [6.45, 7) is 9.03. The molecule has 0 heterocycles. The van der Waals surface area contributed by atoms with E-state index in [9.17, 15) is 33.6 Å². The second-order valence-corrected chi connectivity index (χ2v) is 10.5. The van der Waals surface area contributed by atoms with Crippen molar-refractivity contribution in [3.63, 3.8) is 0 Å². The number of hydrogen-bond acceptors (Lipinski definition) is 14. The van der Waals surface area contributed by atoms with Crippen molar-refractivity contribution in [1.29, 1.82) is 0 Å². The Morgan fingerprint density at radius 2 is 0.936 bits per heavy atom. The van der Waals surface area contributed by atoms with Gasteiger partial charge in [0.15, 0.2) is 0 Å². The van der Waals surface area contributed by atoms with Gasteiger partial charge in [0.2, 0.25) is 11.8 Å². The number of carbonyl (C=O) groups excluding carboxylic acids is 7. The average Bonchev–Trinajstić information content (AvgIpc) is 3.01. The lowest BCUT2D eigenvalue weighted by Crippen LogP contribution is -2.37. The van der Waals surface area contributed by atoms with Crippen molar-refractivity contribution in [3.8, 4) is 0 Å². The number of esters is 2. The molecule has 0 aliphatic heterocycles. The van der Waals surface area contributed by atoms with Crippen molar-refractivity contribution in [1.82, 2.24) is 26.2 Å². The number of ketones is 1. The predicted molar refractivity (Wildman–Crippen MR) is 165 cm³/mol. The summed E-state index contributed by atoms with van der Waals surface area (Å²) < 4.78 is 30.4. The number of nitrogens with zero attached hydrogens (tertiary/aromatic N) is 1. The standard InChI is InChI=1S/C29H51N5O13/c1-21(2)26(38)30-6-10-42-14-16-46-28(40)32-18-24(36)44-12-8-34(20-23(5)35)9-13-45-25(37)19-33-29(41)47-17-15-43-11-7-31-27(39)22(3)4/h21-22H,6-20H2,1-5H3,(H,30,38)(H,31,39)(H,32,40)(H,33,41). The number of amides is 4. The van der Waals surface area contributed by atoms with Crippen molar-refractivity contribution in [3.05, 3.63) is 0 Å². The van der Waals surface area contributed by atoms with E-state index in [4.69, 9.17) is 28.4 Å². The third-order valence-corrected chi connectivity index (χ3v) is 5.60. The second kappa shape index (κ2) is 27.1. The molecule has 4 amide bonds. The van der Waals surface area contributed by atoms with Gasteiger partial charge in [0.25, 0.3) is 0 Å². The van der Waals surface area contributed by atoms with Crippen LogP contribution in [-0.2, 0) is 52.4 Å². The fourth-order valence-electron chi connectivity index (χ4n) is 3.15. The predicted octanol–water partition coefficient (Wildman–Crippen LogP) is -1.01. The highest BCUT2D eigenvalue weighted by molar-refractivity contribution is 5.79. The fourth-order valence-corrected chi connectivity index (χ4v) is 3.15. The molecule has 0 aliphatic rings. The molecule has 0 atom stereocenters. The molecule has 0 aromatic heterocycles. The normalized spacial score (nSPS) is 10.7. The first-order chi connectivity index (χ1) is 22.3. The Hall–Kier alpha value is -4.03. The molecular weight excluding hydrogens is 626 g/mol. The lowest BCUT2D eigenvalue weighted by Gasteiger charge is -2.20. The van der Waals surface area contributed by atoms with E-state index < -0.39 is 37.2 Å². The topological polar surface area (TPSA) is 226 Å². The molecule has 4 N–H and O–H groups in total. The molecule has 0 radical (unpaired) electrons. The van der Waals surface area contributed by atoms with Crippen LogP contribution in [0.3, 0.4) is 0 Å². The summed E-state index contributed by atoms with van der Waals surface area (Å²) in [4.78, 5) is 83.3. The molecule has 18 heteroatoms. The molecular formula is C29H51N5O13.